The minimum absolute atomic E-state index is 0. The van der Waals surface area contributed by atoms with Gasteiger partial charge in [0.05, 0.1) is 52.4 Å². The molecule has 0 aromatic carbocycles. The molecule has 134 valence electrons. The summed E-state index contributed by atoms with van der Waals surface area (Å²) in [4.78, 5) is 30.4. The van der Waals surface area contributed by atoms with Gasteiger partial charge in [0.25, 0.3) is 0 Å². The summed E-state index contributed by atoms with van der Waals surface area (Å²) < 4.78 is 0. The number of hydrogen-bond donors (Lipinski definition) is 2. The van der Waals surface area contributed by atoms with Crippen molar-refractivity contribution in [2.75, 3.05) is 0 Å². The smallest absolute Gasteiger partial charge is 0.543 e. The number of thiazole rings is 1. The number of aliphatic hydroxyl groups excluding tert-OH is 2. The maximum atomic E-state index is 12.2. The van der Waals surface area contributed by atoms with Crippen molar-refractivity contribution in [3.63, 3.8) is 0 Å². The summed E-state index contributed by atoms with van der Waals surface area (Å²) in [7, 11) is 0. The Bertz CT molecular complexity index is 776. The first-order chi connectivity index (χ1) is 11.9. The number of rotatable bonds is 6. The van der Waals surface area contributed by atoms with Crippen molar-refractivity contribution in [3.05, 3.63) is 32.1 Å². The number of carbonyl (C=O) groups is 2. The van der Waals surface area contributed by atoms with Crippen molar-refractivity contribution in [1.29, 1.82) is 0 Å². The number of aromatic nitrogens is 1. The van der Waals surface area contributed by atoms with Gasteiger partial charge in [-0.05, 0) is 18.4 Å². The third-order valence-corrected chi connectivity index (χ3v) is 6.47. The maximum absolute atomic E-state index is 12.2. The van der Waals surface area contributed by atoms with E-state index in [0.717, 1.165) is 4.88 Å². The van der Waals surface area contributed by atoms with Crippen LogP contribution in [-0.4, -0.2) is 44.1 Å². The van der Waals surface area contributed by atoms with E-state index in [-0.39, 0.29) is 59.7 Å². The number of nitrogens with zero attached hydrogens (tertiary/aromatic N) is 2. The molecule has 0 unspecified atom stereocenters. The average Bonchev–Trinajstić information content (AvgIpc) is 3.09. The van der Waals surface area contributed by atoms with Gasteiger partial charge < -0.3 is 25.0 Å². The van der Waals surface area contributed by atoms with Gasteiger partial charge in [0.1, 0.15) is 0 Å². The minimum atomic E-state index is -1.39. The molecule has 1 aromatic heterocycles. The molecule has 0 spiro atoms. The largest absolute Gasteiger partial charge is 1.00 e. The summed E-state index contributed by atoms with van der Waals surface area (Å²) in [5.41, 5.74) is 2.07. The summed E-state index contributed by atoms with van der Waals surface area (Å²) in [5.74, 6) is -2.57. The van der Waals surface area contributed by atoms with Gasteiger partial charge in [-0.3, -0.25) is 4.79 Å². The molecule has 2 aliphatic heterocycles. The number of aliphatic carboxylic acids is 1. The third-order valence-electron chi connectivity index (χ3n) is 4.54. The molecule has 7 nitrogen and oxygen atoms in total. The van der Waals surface area contributed by atoms with Crippen LogP contribution in [0.4, 0.5) is 0 Å². The standard InChI is InChI=1S/C16H18N2O5S2.Na/c1-7-12-11(8(2)20)15(21)18(12)13(16(22)23)14(7)24-4-3-10-9(5-19)17-6-25-10;/h3-4,6-8,11-12,19-20H,5H2,1-2H3,(H,22,23);/q;+1/p-1/b4-3+;/t7-,8-,11-,12-;/m1./s1. The second kappa shape index (κ2) is 8.55. The van der Waals surface area contributed by atoms with Crippen LogP contribution in [0.1, 0.15) is 24.4 Å². The topological polar surface area (TPSA) is 114 Å². The zero-order chi connectivity index (χ0) is 18.3. The molecule has 0 saturated carbocycles. The zero-order valence-electron chi connectivity index (χ0n) is 14.6. The van der Waals surface area contributed by atoms with Crippen LogP contribution in [0.15, 0.2) is 21.5 Å². The number of carboxylic acid groups (broad SMARTS) is 1. The molecular formula is C16H17N2NaO5S2. The Kier molecular flexibility index (Phi) is 7.11. The number of hydrogen-bond acceptors (Lipinski definition) is 8. The molecule has 1 amide bonds. The maximum Gasteiger partial charge on any atom is 1.00 e. The summed E-state index contributed by atoms with van der Waals surface area (Å²) in [6.45, 7) is 3.21. The van der Waals surface area contributed by atoms with E-state index in [1.54, 1.807) is 17.0 Å². The van der Waals surface area contributed by atoms with Crippen molar-refractivity contribution in [2.45, 2.75) is 32.6 Å². The van der Waals surface area contributed by atoms with Crippen LogP contribution >= 0.6 is 23.1 Å². The van der Waals surface area contributed by atoms with E-state index in [0.29, 0.717) is 10.6 Å². The quantitative estimate of drug-likeness (QED) is 0.388. The number of β-lactam (4-membered cyclic amide) rings is 1. The first kappa shape index (κ1) is 21.6. The van der Waals surface area contributed by atoms with E-state index in [2.05, 4.69) is 4.98 Å². The molecule has 10 heteroatoms. The van der Waals surface area contributed by atoms with Gasteiger partial charge >= 0.3 is 29.6 Å². The molecule has 1 fully saturated rings. The van der Waals surface area contributed by atoms with Crippen LogP contribution in [0.2, 0.25) is 0 Å². The van der Waals surface area contributed by atoms with Gasteiger partial charge in [0.15, 0.2) is 0 Å². The Morgan fingerprint density at radius 1 is 1.58 bits per heavy atom. The van der Waals surface area contributed by atoms with E-state index in [1.807, 2.05) is 6.92 Å². The van der Waals surface area contributed by atoms with E-state index >= 15 is 0 Å². The van der Waals surface area contributed by atoms with Crippen molar-refractivity contribution in [1.82, 2.24) is 9.88 Å². The fourth-order valence-electron chi connectivity index (χ4n) is 3.37. The van der Waals surface area contributed by atoms with Gasteiger partial charge in [0, 0.05) is 10.8 Å². The summed E-state index contributed by atoms with van der Waals surface area (Å²) in [6.07, 6.45) is 0.924. The monoisotopic (exact) mass is 404 g/mol. The van der Waals surface area contributed by atoms with Crippen LogP contribution in [0.5, 0.6) is 0 Å². The number of thioether (sulfide) groups is 1. The van der Waals surface area contributed by atoms with E-state index < -0.39 is 18.0 Å². The fraction of sp³-hybridized carbons (Fsp3) is 0.438. The number of carboxylic acids is 1. The molecular weight excluding hydrogens is 387 g/mol. The normalized spacial score (nSPS) is 25.9. The predicted molar refractivity (Wildman–Crippen MR) is 91.7 cm³/mol. The molecule has 26 heavy (non-hydrogen) atoms. The Labute approximate surface area is 181 Å². The molecule has 4 atom stereocenters. The fourth-order valence-corrected chi connectivity index (χ4v) is 5.15. The van der Waals surface area contributed by atoms with E-state index in [1.165, 1.54) is 34.9 Å². The molecule has 0 bridgehead atoms. The molecule has 1 saturated heterocycles. The number of fused-ring (bicyclic) bond motifs is 1. The van der Waals surface area contributed by atoms with Crippen LogP contribution in [-0.2, 0) is 16.2 Å². The van der Waals surface area contributed by atoms with Crippen LogP contribution in [0, 0.1) is 11.8 Å². The number of aliphatic hydroxyl groups is 2. The molecule has 3 rings (SSSR count). The van der Waals surface area contributed by atoms with Gasteiger partial charge in [0.2, 0.25) is 5.91 Å². The SMILES string of the molecule is C[C@@H](O)[C@H]1C(=O)N2C(C(=O)[O-])=C(S/C=C/c3scnc3CO)[C@H](C)[C@H]12.[Na+]. The van der Waals surface area contributed by atoms with Gasteiger partial charge in [-0.25, -0.2) is 4.98 Å². The second-order valence-electron chi connectivity index (χ2n) is 6.00. The Hall–Kier alpha value is -0.680. The Morgan fingerprint density at radius 3 is 2.85 bits per heavy atom. The molecule has 2 N–H and O–H groups in total. The summed E-state index contributed by atoms with van der Waals surface area (Å²) in [5, 5.41) is 32.3. The molecule has 0 radical (unpaired) electrons. The van der Waals surface area contributed by atoms with Crippen molar-refractivity contribution >= 4 is 41.1 Å². The van der Waals surface area contributed by atoms with Gasteiger partial charge in [-0.15, -0.1) is 11.3 Å². The zero-order valence-corrected chi connectivity index (χ0v) is 18.2. The van der Waals surface area contributed by atoms with Crippen LogP contribution < -0.4 is 34.7 Å². The van der Waals surface area contributed by atoms with Crippen molar-refractivity contribution in [3.8, 4) is 0 Å². The van der Waals surface area contributed by atoms with Crippen molar-refractivity contribution < 1.29 is 54.5 Å². The summed E-state index contributed by atoms with van der Waals surface area (Å²) >= 11 is 2.58. The average molecular weight is 404 g/mol. The van der Waals surface area contributed by atoms with Crippen LogP contribution in [0.3, 0.4) is 0 Å². The van der Waals surface area contributed by atoms with Gasteiger partial charge in [-0.2, -0.15) is 0 Å². The number of carbonyl (C=O) groups excluding carboxylic acids is 2. The molecule has 2 aliphatic rings. The first-order valence-electron chi connectivity index (χ1n) is 7.71. The van der Waals surface area contributed by atoms with Crippen LogP contribution in [0.25, 0.3) is 6.08 Å². The Morgan fingerprint density at radius 2 is 2.27 bits per heavy atom. The Balaban J connectivity index is 0.00000243. The van der Waals surface area contributed by atoms with Gasteiger partial charge in [-0.1, -0.05) is 18.7 Å². The molecule has 1 aromatic rings. The first-order valence-corrected chi connectivity index (χ1v) is 9.47. The minimum Gasteiger partial charge on any atom is -0.543 e. The predicted octanol–water partition coefficient (Wildman–Crippen LogP) is -2.84. The molecule has 3 heterocycles. The third kappa shape index (κ3) is 3.54. The molecule has 0 aliphatic carbocycles. The van der Waals surface area contributed by atoms with E-state index in [9.17, 15) is 24.9 Å². The summed E-state index contributed by atoms with van der Waals surface area (Å²) in [6, 6.07) is -0.354. The second-order valence-corrected chi connectivity index (χ2v) is 7.83. The van der Waals surface area contributed by atoms with Crippen molar-refractivity contribution in [2.24, 2.45) is 11.8 Å². The number of amides is 1. The van der Waals surface area contributed by atoms with E-state index in [4.69, 9.17) is 0 Å².